The number of dihydropyridines is 1. The maximum Gasteiger partial charge on any atom is 0.221 e. The molecule has 1 aliphatic rings. The predicted molar refractivity (Wildman–Crippen MR) is 26.4 cm³/mol. The molecular weight excluding hydrogens is 112 g/mol. The molecule has 1 heterocycles. The lowest BCUT2D eigenvalue weighted by atomic mass is 10.3. The summed E-state index contributed by atoms with van der Waals surface area (Å²) >= 11 is 0. The number of hydrogen-bond acceptors (Lipinski definition) is 1. The van der Waals surface area contributed by atoms with Crippen molar-refractivity contribution in [2.45, 2.75) is 6.30 Å². The fraction of sp³-hybridized carbons (Fsp3) is 0.200. The van der Waals surface area contributed by atoms with E-state index in [1.807, 2.05) is 0 Å². The van der Waals surface area contributed by atoms with Crippen molar-refractivity contribution in [3.63, 3.8) is 0 Å². The Kier molecular flexibility index (Phi) is 1.28. The minimum atomic E-state index is -1.64. The molecule has 1 aliphatic heterocycles. The highest BCUT2D eigenvalue weighted by molar-refractivity contribution is 5.14. The van der Waals surface area contributed by atoms with Crippen molar-refractivity contribution in [3.05, 3.63) is 24.2 Å². The highest BCUT2D eigenvalue weighted by atomic mass is 19.2. The van der Waals surface area contributed by atoms with Crippen molar-refractivity contribution in [1.82, 2.24) is 5.32 Å². The van der Waals surface area contributed by atoms with Gasteiger partial charge in [0.25, 0.3) is 0 Å². The average Bonchev–Trinajstić information content (AvgIpc) is 1.77. The molecule has 0 saturated heterocycles. The van der Waals surface area contributed by atoms with E-state index >= 15 is 0 Å². The van der Waals surface area contributed by atoms with E-state index in [0.29, 0.717) is 0 Å². The van der Waals surface area contributed by atoms with Crippen LogP contribution in [0.1, 0.15) is 0 Å². The summed E-state index contributed by atoms with van der Waals surface area (Å²) in [6, 6.07) is 0. The largest absolute Gasteiger partial charge is 0.357 e. The van der Waals surface area contributed by atoms with Gasteiger partial charge in [0, 0.05) is 0 Å². The highest BCUT2D eigenvalue weighted by Crippen LogP contribution is 2.08. The second-order valence-electron chi connectivity index (χ2n) is 1.44. The van der Waals surface area contributed by atoms with Crippen LogP contribution in [0.2, 0.25) is 0 Å². The maximum atomic E-state index is 12.0. The van der Waals surface area contributed by atoms with Crippen LogP contribution in [0.4, 0.5) is 8.78 Å². The molecule has 0 aliphatic carbocycles. The molecule has 0 amide bonds. The first-order valence-corrected chi connectivity index (χ1v) is 2.23. The fourth-order valence-corrected chi connectivity index (χ4v) is 0.444. The zero-order valence-electron chi connectivity index (χ0n) is 4.07. The Labute approximate surface area is 45.7 Å². The molecule has 0 bridgehead atoms. The van der Waals surface area contributed by atoms with Crippen LogP contribution in [0.3, 0.4) is 0 Å². The van der Waals surface area contributed by atoms with Gasteiger partial charge >= 0.3 is 0 Å². The molecule has 3 heteroatoms. The van der Waals surface area contributed by atoms with Gasteiger partial charge in [-0.25, -0.2) is 8.78 Å². The number of hydrogen-bond donors (Lipinski definition) is 1. The van der Waals surface area contributed by atoms with E-state index in [1.54, 1.807) is 0 Å². The van der Waals surface area contributed by atoms with Crippen molar-refractivity contribution >= 4 is 0 Å². The molecule has 0 aromatic rings. The van der Waals surface area contributed by atoms with Crippen molar-refractivity contribution in [2.75, 3.05) is 0 Å². The lowest BCUT2D eigenvalue weighted by molar-refractivity contribution is 0.295. The predicted octanol–water partition coefficient (Wildman–Crippen LogP) is 1.25. The summed E-state index contributed by atoms with van der Waals surface area (Å²) in [5.74, 6) is -0.771. The summed E-state index contributed by atoms with van der Waals surface area (Å²) in [6.45, 7) is 0. The number of halogens is 2. The number of nitrogens with one attached hydrogen (secondary N) is 1. The van der Waals surface area contributed by atoms with E-state index in [9.17, 15) is 8.78 Å². The number of rotatable bonds is 0. The lowest BCUT2D eigenvalue weighted by Gasteiger charge is -2.07. The first-order valence-electron chi connectivity index (χ1n) is 2.23. The van der Waals surface area contributed by atoms with Gasteiger partial charge in [-0.3, -0.25) is 0 Å². The van der Waals surface area contributed by atoms with E-state index < -0.39 is 12.1 Å². The van der Waals surface area contributed by atoms with Crippen LogP contribution in [-0.4, -0.2) is 6.30 Å². The zero-order valence-corrected chi connectivity index (χ0v) is 4.07. The van der Waals surface area contributed by atoms with Crippen molar-refractivity contribution in [1.29, 1.82) is 0 Å². The monoisotopic (exact) mass is 117 g/mol. The third-order valence-electron chi connectivity index (χ3n) is 0.836. The van der Waals surface area contributed by atoms with Crippen LogP contribution < -0.4 is 5.32 Å². The molecule has 8 heavy (non-hydrogen) atoms. The Morgan fingerprint density at radius 2 is 2.38 bits per heavy atom. The Balaban J connectivity index is 2.66. The van der Waals surface area contributed by atoms with Gasteiger partial charge in [-0.1, -0.05) is 0 Å². The average molecular weight is 117 g/mol. The Morgan fingerprint density at radius 3 is 2.75 bits per heavy atom. The minimum Gasteiger partial charge on any atom is -0.357 e. The van der Waals surface area contributed by atoms with Crippen molar-refractivity contribution < 1.29 is 8.78 Å². The number of allylic oxidation sites excluding steroid dienone is 2. The standard InChI is InChI=1S/C5H5F2N/c6-4-2-1-3-8-5(4)7/h1-3,5,8H. The minimum absolute atomic E-state index is 0.771. The summed E-state index contributed by atoms with van der Waals surface area (Å²) in [4.78, 5) is 0. The SMILES string of the molecule is FC1=CC=CNC1F. The summed E-state index contributed by atoms with van der Waals surface area (Å²) in [6.07, 6.45) is 2.21. The Hall–Kier alpha value is -0.860. The second-order valence-corrected chi connectivity index (χ2v) is 1.44. The molecule has 0 saturated carbocycles. The van der Waals surface area contributed by atoms with Gasteiger partial charge in [0.05, 0.1) is 0 Å². The van der Waals surface area contributed by atoms with Crippen LogP contribution in [0.5, 0.6) is 0 Å². The van der Waals surface area contributed by atoms with Crippen molar-refractivity contribution in [2.24, 2.45) is 0 Å². The molecule has 0 radical (unpaired) electrons. The van der Waals surface area contributed by atoms with Gasteiger partial charge < -0.3 is 5.32 Å². The van der Waals surface area contributed by atoms with Gasteiger partial charge in [0.1, 0.15) is 0 Å². The molecule has 1 atom stereocenters. The molecule has 0 aromatic carbocycles. The molecule has 0 spiro atoms. The molecule has 1 N–H and O–H groups in total. The quantitative estimate of drug-likeness (QED) is 0.471. The van der Waals surface area contributed by atoms with Crippen LogP contribution in [0.25, 0.3) is 0 Å². The topological polar surface area (TPSA) is 12.0 Å². The molecule has 0 aromatic heterocycles. The van der Waals surface area contributed by atoms with E-state index in [-0.39, 0.29) is 0 Å². The molecular formula is C5H5F2N. The van der Waals surface area contributed by atoms with Gasteiger partial charge in [0.15, 0.2) is 5.83 Å². The van der Waals surface area contributed by atoms with Crippen molar-refractivity contribution in [3.8, 4) is 0 Å². The third-order valence-corrected chi connectivity index (χ3v) is 0.836. The second kappa shape index (κ2) is 1.94. The van der Waals surface area contributed by atoms with E-state index in [4.69, 9.17) is 0 Å². The van der Waals surface area contributed by atoms with E-state index in [0.717, 1.165) is 6.08 Å². The van der Waals surface area contributed by atoms with E-state index in [1.165, 1.54) is 12.3 Å². The van der Waals surface area contributed by atoms with Gasteiger partial charge in [-0.15, -0.1) is 0 Å². The first-order chi connectivity index (χ1) is 3.80. The Bertz CT molecular complexity index is 139. The highest BCUT2D eigenvalue weighted by Gasteiger charge is 2.10. The lowest BCUT2D eigenvalue weighted by Crippen LogP contribution is -2.21. The van der Waals surface area contributed by atoms with Gasteiger partial charge in [0.2, 0.25) is 6.30 Å². The van der Waals surface area contributed by atoms with Crippen LogP contribution >= 0.6 is 0 Å². The first kappa shape index (κ1) is 5.28. The molecule has 1 unspecified atom stereocenters. The summed E-state index contributed by atoms with van der Waals surface area (Å²) in [7, 11) is 0. The molecule has 0 fully saturated rings. The number of alkyl halides is 1. The molecule has 44 valence electrons. The Morgan fingerprint density at radius 1 is 1.62 bits per heavy atom. The van der Waals surface area contributed by atoms with Gasteiger partial charge in [-0.05, 0) is 18.4 Å². The normalized spacial score (nSPS) is 26.8. The van der Waals surface area contributed by atoms with Gasteiger partial charge in [-0.2, -0.15) is 0 Å². The smallest absolute Gasteiger partial charge is 0.221 e. The van der Waals surface area contributed by atoms with Crippen LogP contribution in [-0.2, 0) is 0 Å². The van der Waals surface area contributed by atoms with E-state index in [2.05, 4.69) is 5.32 Å². The summed E-state index contributed by atoms with van der Waals surface area (Å²) in [5, 5.41) is 2.14. The third kappa shape index (κ3) is 0.857. The summed E-state index contributed by atoms with van der Waals surface area (Å²) < 4.78 is 23.9. The molecule has 1 nitrogen and oxygen atoms in total. The maximum absolute atomic E-state index is 12.0. The summed E-state index contributed by atoms with van der Waals surface area (Å²) in [5.41, 5.74) is 0. The van der Waals surface area contributed by atoms with Crippen LogP contribution in [0, 0.1) is 0 Å². The fourth-order valence-electron chi connectivity index (χ4n) is 0.444. The van der Waals surface area contributed by atoms with Crippen LogP contribution in [0.15, 0.2) is 24.2 Å². The zero-order chi connectivity index (χ0) is 5.98. The molecule has 1 rings (SSSR count).